The Kier molecular flexibility index (Phi) is 10.3. The zero-order chi connectivity index (χ0) is 3.58. The fourth-order valence-corrected chi connectivity index (χ4v) is 0. The fourth-order valence-electron chi connectivity index (χ4n) is 0. The SMILES string of the molecule is O=I(=O)Cl.[Ag]. The van der Waals surface area contributed by atoms with Crippen LogP contribution >= 0.6 is 27.6 Å². The standard InChI is InChI=1S/Ag.ClIO2/c;1-2(3)4. The van der Waals surface area contributed by atoms with E-state index in [1.807, 2.05) is 0 Å². The van der Waals surface area contributed by atoms with Gasteiger partial charge in [0.1, 0.15) is 0 Å². The van der Waals surface area contributed by atoms with E-state index >= 15 is 0 Å². The molecular weight excluding hydrogens is 302 g/mol. The Hall–Kier alpha value is 1.36. The molecule has 0 aromatic heterocycles. The van der Waals surface area contributed by atoms with Crippen LogP contribution in [0.5, 0.6) is 0 Å². The third-order valence-electron chi connectivity index (χ3n) is 0. The van der Waals surface area contributed by atoms with E-state index in [4.69, 9.17) is 6.14 Å². The summed E-state index contributed by atoms with van der Waals surface area (Å²) in [5, 5.41) is 0. The summed E-state index contributed by atoms with van der Waals surface area (Å²) in [7, 11) is 4.32. The van der Waals surface area contributed by atoms with Gasteiger partial charge in [0.2, 0.25) is 0 Å². The third-order valence-corrected chi connectivity index (χ3v) is 0. The molecule has 1 radical (unpaired) electrons. The molecule has 0 aliphatic heterocycles. The van der Waals surface area contributed by atoms with Crippen molar-refractivity contribution < 1.29 is 28.5 Å². The van der Waals surface area contributed by atoms with Crippen LogP contribution < -0.4 is 0 Å². The van der Waals surface area contributed by atoms with Crippen molar-refractivity contribution in [1.29, 1.82) is 0 Å². The van der Waals surface area contributed by atoms with Gasteiger partial charge >= 0.3 is 18.7 Å². The van der Waals surface area contributed by atoms with Crippen molar-refractivity contribution in [2.75, 3.05) is 0 Å². The van der Waals surface area contributed by atoms with Gasteiger partial charge in [0.15, 0.2) is 0 Å². The molecule has 0 rings (SSSR count). The molecule has 0 amide bonds. The summed E-state index contributed by atoms with van der Waals surface area (Å²) in [6.07, 6.45) is 0. The van der Waals surface area contributed by atoms with Crippen LogP contribution in [-0.4, -0.2) is 0 Å². The predicted molar refractivity (Wildman–Crippen MR) is 21.2 cm³/mol. The van der Waals surface area contributed by atoms with Crippen molar-refractivity contribution >= 4 is 27.6 Å². The van der Waals surface area contributed by atoms with Crippen LogP contribution in [0.4, 0.5) is 0 Å². The zero-order valence-corrected chi connectivity index (χ0v) is 6.27. The van der Waals surface area contributed by atoms with Crippen molar-refractivity contribution in [1.82, 2.24) is 0 Å². The average molecular weight is 302 g/mol. The van der Waals surface area contributed by atoms with Gasteiger partial charge in [-0.15, -0.1) is 0 Å². The quantitative estimate of drug-likeness (QED) is 0.500. The van der Waals surface area contributed by atoms with Gasteiger partial charge in [0.05, 0.1) is 0 Å². The number of hydrogen-bond acceptors (Lipinski definition) is 2. The van der Waals surface area contributed by atoms with Crippen LogP contribution in [0.15, 0.2) is 0 Å². The van der Waals surface area contributed by atoms with Gasteiger partial charge in [-0.25, -0.2) is 6.14 Å². The Labute approximate surface area is 55.6 Å². The summed E-state index contributed by atoms with van der Waals surface area (Å²) in [5.74, 6) is 0. The van der Waals surface area contributed by atoms with Crippen molar-refractivity contribution in [3.8, 4) is 0 Å². The van der Waals surface area contributed by atoms with Crippen LogP contribution in [0.25, 0.3) is 0 Å². The molecule has 0 N–H and O–H groups in total. The molecule has 0 fully saturated rings. The molecule has 0 heterocycles. The van der Waals surface area contributed by atoms with Gasteiger partial charge in [0.25, 0.3) is 0 Å². The van der Waals surface area contributed by atoms with Gasteiger partial charge in [-0.05, 0) is 0 Å². The predicted octanol–water partition coefficient (Wildman–Crippen LogP) is 1.34. The Balaban J connectivity index is 0. The normalized spacial score (nSPS) is 6.80. The van der Waals surface area contributed by atoms with E-state index in [2.05, 4.69) is 8.91 Å². The maximum absolute atomic E-state index is 8.89. The monoisotopic (exact) mass is 301 g/mol. The van der Waals surface area contributed by atoms with Crippen molar-refractivity contribution in [3.05, 3.63) is 0 Å². The van der Waals surface area contributed by atoms with Gasteiger partial charge in [-0.1, -0.05) is 0 Å². The summed E-state index contributed by atoms with van der Waals surface area (Å²) in [6.45, 7) is 0. The van der Waals surface area contributed by atoms with Crippen LogP contribution in [0, 0.1) is 0 Å². The molecule has 37 valence electrons. The van der Waals surface area contributed by atoms with Gasteiger partial charge in [0, 0.05) is 31.3 Å². The minimum atomic E-state index is -3.29. The summed E-state index contributed by atoms with van der Waals surface area (Å²) in [6, 6.07) is 0. The maximum Gasteiger partial charge on any atom is 0.409 e. The number of rotatable bonds is 0. The van der Waals surface area contributed by atoms with Crippen LogP contribution in [0.1, 0.15) is 0 Å². The summed E-state index contributed by atoms with van der Waals surface area (Å²) in [4.78, 5) is 0. The number of hydrogen-bond donors (Lipinski definition) is 0. The molecule has 5 heteroatoms. The molecule has 0 aliphatic carbocycles. The Morgan fingerprint density at radius 2 is 1.40 bits per heavy atom. The molecule has 0 spiro atoms. The second-order valence-electron chi connectivity index (χ2n) is 0.180. The maximum atomic E-state index is 8.89. The van der Waals surface area contributed by atoms with Crippen LogP contribution in [-0.2, 0) is 28.5 Å². The van der Waals surface area contributed by atoms with Crippen LogP contribution in [0.3, 0.4) is 0 Å². The molecule has 2 nitrogen and oxygen atoms in total. The molecule has 0 aromatic carbocycles. The fraction of sp³-hybridized carbons (Fsp3) is 0. The van der Waals surface area contributed by atoms with Crippen molar-refractivity contribution in [2.24, 2.45) is 0 Å². The second-order valence-corrected chi connectivity index (χ2v) is 2.77. The molecule has 0 saturated heterocycles. The first-order valence-electron chi connectivity index (χ1n) is 0.451. The van der Waals surface area contributed by atoms with E-state index < -0.39 is 18.7 Å². The Morgan fingerprint density at radius 1 is 1.40 bits per heavy atom. The minimum absolute atomic E-state index is 0. The second kappa shape index (κ2) is 5.36. The largest absolute Gasteiger partial charge is 0.409 e. The topological polar surface area (TPSA) is 34.1 Å². The Bertz CT molecular complexity index is 58.0. The first kappa shape index (κ1) is 9.61. The first-order valence-corrected chi connectivity index (χ1v) is 4.95. The van der Waals surface area contributed by atoms with E-state index in [9.17, 15) is 0 Å². The Morgan fingerprint density at radius 3 is 1.40 bits per heavy atom. The molecule has 0 bridgehead atoms. The van der Waals surface area contributed by atoms with Gasteiger partial charge < -0.3 is 0 Å². The molecule has 0 aromatic rings. The molecule has 0 aliphatic rings. The zero-order valence-electron chi connectivity index (χ0n) is 1.87. The average Bonchev–Trinajstić information content (AvgIpc) is 0.811. The summed E-state index contributed by atoms with van der Waals surface area (Å²) < 4.78 is 17.8. The van der Waals surface area contributed by atoms with E-state index in [0.29, 0.717) is 0 Å². The third kappa shape index (κ3) is 32.7. The molecule has 0 unspecified atom stereocenters. The van der Waals surface area contributed by atoms with E-state index in [1.165, 1.54) is 0 Å². The summed E-state index contributed by atoms with van der Waals surface area (Å²) in [5.41, 5.74) is 0. The van der Waals surface area contributed by atoms with E-state index in [-0.39, 0.29) is 22.4 Å². The first-order chi connectivity index (χ1) is 1.73. The molecule has 5 heavy (non-hydrogen) atoms. The van der Waals surface area contributed by atoms with Crippen molar-refractivity contribution in [3.63, 3.8) is 0 Å². The minimum Gasteiger partial charge on any atom is -0.217 e. The number of halogens is 2. The van der Waals surface area contributed by atoms with Crippen molar-refractivity contribution in [2.45, 2.75) is 0 Å². The van der Waals surface area contributed by atoms with Gasteiger partial charge in [-0.3, -0.25) is 0 Å². The van der Waals surface area contributed by atoms with E-state index in [0.717, 1.165) is 0 Å². The molecule has 0 saturated carbocycles. The van der Waals surface area contributed by atoms with Crippen LogP contribution in [0.2, 0.25) is 0 Å². The van der Waals surface area contributed by atoms with E-state index in [1.54, 1.807) is 0 Å². The smallest absolute Gasteiger partial charge is 0.217 e. The molecule has 0 atom stereocenters. The molecular formula is AgClIO2. The van der Waals surface area contributed by atoms with Gasteiger partial charge in [-0.2, -0.15) is 0 Å². The summed E-state index contributed by atoms with van der Waals surface area (Å²) >= 11 is -3.29.